The van der Waals surface area contributed by atoms with E-state index in [9.17, 15) is 14.4 Å². The lowest BCUT2D eigenvalue weighted by molar-refractivity contribution is -0.136. The van der Waals surface area contributed by atoms with E-state index in [4.69, 9.17) is 10.8 Å². The van der Waals surface area contributed by atoms with E-state index in [1.807, 2.05) is 0 Å². The van der Waals surface area contributed by atoms with Crippen molar-refractivity contribution in [3.8, 4) is 0 Å². The fraction of sp³-hybridized carbons (Fsp3) is 0.357. The van der Waals surface area contributed by atoms with Crippen molar-refractivity contribution in [3.05, 3.63) is 35.4 Å². The van der Waals surface area contributed by atoms with Crippen LogP contribution in [0.15, 0.2) is 24.3 Å². The molecule has 0 aromatic heterocycles. The van der Waals surface area contributed by atoms with E-state index in [1.54, 1.807) is 32.0 Å². The Balaban J connectivity index is 2.94. The molecule has 0 radical (unpaired) electrons. The minimum atomic E-state index is -1.08. The number of carboxylic acid groups (broad SMARTS) is 1. The van der Waals surface area contributed by atoms with Gasteiger partial charge in [-0.25, -0.2) is 4.79 Å². The molecule has 1 aromatic carbocycles. The van der Waals surface area contributed by atoms with Crippen LogP contribution in [-0.2, 0) is 16.0 Å². The second-order valence-electron chi connectivity index (χ2n) is 4.72. The van der Waals surface area contributed by atoms with Crippen LogP contribution in [0, 0.1) is 0 Å². The number of carboxylic acids is 1. The number of amides is 2. The molecule has 3 N–H and O–H groups in total. The predicted octanol–water partition coefficient (Wildman–Crippen LogP) is 0.650. The van der Waals surface area contributed by atoms with E-state index in [2.05, 4.69) is 0 Å². The van der Waals surface area contributed by atoms with E-state index in [-0.39, 0.29) is 30.5 Å². The van der Waals surface area contributed by atoms with Gasteiger partial charge in [-0.05, 0) is 25.5 Å². The van der Waals surface area contributed by atoms with Gasteiger partial charge in [0, 0.05) is 6.04 Å². The molecule has 6 heteroatoms. The summed E-state index contributed by atoms with van der Waals surface area (Å²) < 4.78 is 0. The Morgan fingerprint density at radius 2 is 1.85 bits per heavy atom. The normalized spacial score (nSPS) is 10.3. The van der Waals surface area contributed by atoms with E-state index in [0.29, 0.717) is 5.56 Å². The molecule has 0 saturated heterocycles. The number of carbonyl (C=O) groups is 3. The average Bonchev–Trinajstić information content (AvgIpc) is 2.35. The maximum atomic E-state index is 12.2. The minimum absolute atomic E-state index is 0.0755. The molecule has 0 bridgehead atoms. The van der Waals surface area contributed by atoms with Gasteiger partial charge in [0.25, 0.3) is 0 Å². The monoisotopic (exact) mass is 278 g/mol. The molecule has 0 atom stereocenters. The Bertz CT molecular complexity index is 526. The standard InChI is InChI=1S/C14H18N2O4/c1-9(2)16(8-12(15)17)13(18)7-10-5-3-4-6-11(10)14(19)20/h3-6,9H,7-8H2,1-2H3,(H2,15,17)(H,19,20). The summed E-state index contributed by atoms with van der Waals surface area (Å²) in [5.74, 6) is -2.01. The lowest BCUT2D eigenvalue weighted by atomic mass is 10.0. The van der Waals surface area contributed by atoms with Gasteiger partial charge in [0.15, 0.2) is 0 Å². The average molecular weight is 278 g/mol. The molecule has 1 aromatic rings. The summed E-state index contributed by atoms with van der Waals surface area (Å²) in [6, 6.07) is 6.11. The van der Waals surface area contributed by atoms with E-state index < -0.39 is 11.9 Å². The van der Waals surface area contributed by atoms with Gasteiger partial charge in [0.05, 0.1) is 18.5 Å². The Morgan fingerprint density at radius 1 is 1.25 bits per heavy atom. The van der Waals surface area contributed by atoms with Crippen molar-refractivity contribution in [2.24, 2.45) is 5.73 Å². The smallest absolute Gasteiger partial charge is 0.335 e. The summed E-state index contributed by atoms with van der Waals surface area (Å²) in [5.41, 5.74) is 5.62. The lowest BCUT2D eigenvalue weighted by Gasteiger charge is -2.25. The van der Waals surface area contributed by atoms with E-state index >= 15 is 0 Å². The number of hydrogen-bond acceptors (Lipinski definition) is 3. The van der Waals surface area contributed by atoms with Gasteiger partial charge < -0.3 is 15.7 Å². The molecule has 108 valence electrons. The highest BCUT2D eigenvalue weighted by molar-refractivity contribution is 5.92. The predicted molar refractivity (Wildman–Crippen MR) is 73.1 cm³/mol. The molecule has 0 fully saturated rings. The van der Waals surface area contributed by atoms with Crippen LogP contribution < -0.4 is 5.73 Å². The summed E-state index contributed by atoms with van der Waals surface area (Å²) in [5, 5.41) is 9.07. The lowest BCUT2D eigenvalue weighted by Crippen LogP contribution is -2.43. The zero-order chi connectivity index (χ0) is 15.3. The van der Waals surface area contributed by atoms with Crippen molar-refractivity contribution in [2.75, 3.05) is 6.54 Å². The van der Waals surface area contributed by atoms with Gasteiger partial charge >= 0.3 is 5.97 Å². The highest BCUT2D eigenvalue weighted by Gasteiger charge is 2.21. The van der Waals surface area contributed by atoms with Crippen LogP contribution in [0.5, 0.6) is 0 Å². The highest BCUT2D eigenvalue weighted by Crippen LogP contribution is 2.12. The molecular formula is C14H18N2O4. The van der Waals surface area contributed by atoms with Crippen LogP contribution in [0.4, 0.5) is 0 Å². The zero-order valence-electron chi connectivity index (χ0n) is 11.5. The highest BCUT2D eigenvalue weighted by atomic mass is 16.4. The van der Waals surface area contributed by atoms with Crippen LogP contribution in [0.25, 0.3) is 0 Å². The fourth-order valence-corrected chi connectivity index (χ4v) is 1.87. The Kier molecular flexibility index (Phi) is 5.25. The van der Waals surface area contributed by atoms with Crippen molar-refractivity contribution in [1.82, 2.24) is 4.90 Å². The van der Waals surface area contributed by atoms with Crippen molar-refractivity contribution < 1.29 is 19.5 Å². The zero-order valence-corrected chi connectivity index (χ0v) is 11.5. The number of carbonyl (C=O) groups excluding carboxylic acids is 2. The number of nitrogens with zero attached hydrogens (tertiary/aromatic N) is 1. The number of aromatic carboxylic acids is 1. The molecule has 20 heavy (non-hydrogen) atoms. The summed E-state index contributed by atoms with van der Waals surface area (Å²) in [4.78, 5) is 35.6. The first-order valence-corrected chi connectivity index (χ1v) is 6.22. The van der Waals surface area contributed by atoms with Crippen LogP contribution in [0.1, 0.15) is 29.8 Å². The van der Waals surface area contributed by atoms with Gasteiger partial charge in [-0.3, -0.25) is 9.59 Å². The third-order valence-corrected chi connectivity index (χ3v) is 2.86. The molecule has 0 unspecified atom stereocenters. The van der Waals surface area contributed by atoms with Gasteiger partial charge in [-0.2, -0.15) is 0 Å². The largest absolute Gasteiger partial charge is 0.478 e. The summed E-state index contributed by atoms with van der Waals surface area (Å²) in [6.07, 6.45) is -0.0755. The number of rotatable bonds is 6. The van der Waals surface area contributed by atoms with Crippen molar-refractivity contribution >= 4 is 17.8 Å². The number of primary amides is 1. The summed E-state index contributed by atoms with van der Waals surface area (Å²) in [7, 11) is 0. The Morgan fingerprint density at radius 3 is 2.35 bits per heavy atom. The number of benzene rings is 1. The molecule has 0 aliphatic heterocycles. The number of nitrogens with two attached hydrogens (primary N) is 1. The molecule has 0 aliphatic rings. The van der Waals surface area contributed by atoms with Crippen molar-refractivity contribution in [3.63, 3.8) is 0 Å². The van der Waals surface area contributed by atoms with Gasteiger partial charge in [0.2, 0.25) is 11.8 Å². The SMILES string of the molecule is CC(C)N(CC(N)=O)C(=O)Cc1ccccc1C(=O)O. The molecule has 6 nitrogen and oxygen atoms in total. The Hall–Kier alpha value is -2.37. The number of hydrogen-bond donors (Lipinski definition) is 2. The van der Waals surface area contributed by atoms with Gasteiger partial charge in [-0.15, -0.1) is 0 Å². The van der Waals surface area contributed by atoms with Crippen LogP contribution >= 0.6 is 0 Å². The van der Waals surface area contributed by atoms with Crippen LogP contribution in [0.2, 0.25) is 0 Å². The quantitative estimate of drug-likeness (QED) is 0.797. The second-order valence-corrected chi connectivity index (χ2v) is 4.72. The third kappa shape index (κ3) is 4.08. The first-order chi connectivity index (χ1) is 9.32. The van der Waals surface area contributed by atoms with Crippen LogP contribution in [0.3, 0.4) is 0 Å². The van der Waals surface area contributed by atoms with E-state index in [0.717, 1.165) is 0 Å². The molecular weight excluding hydrogens is 260 g/mol. The first kappa shape index (κ1) is 15.7. The molecule has 0 saturated carbocycles. The molecule has 0 aliphatic carbocycles. The maximum absolute atomic E-state index is 12.2. The Labute approximate surface area is 117 Å². The van der Waals surface area contributed by atoms with E-state index in [1.165, 1.54) is 11.0 Å². The molecule has 1 rings (SSSR count). The maximum Gasteiger partial charge on any atom is 0.335 e. The van der Waals surface area contributed by atoms with Gasteiger partial charge in [0.1, 0.15) is 0 Å². The third-order valence-electron chi connectivity index (χ3n) is 2.86. The fourth-order valence-electron chi connectivity index (χ4n) is 1.87. The minimum Gasteiger partial charge on any atom is -0.478 e. The van der Waals surface area contributed by atoms with Crippen LogP contribution in [-0.4, -0.2) is 40.4 Å². The van der Waals surface area contributed by atoms with Crippen molar-refractivity contribution in [2.45, 2.75) is 26.3 Å². The summed E-state index contributed by atoms with van der Waals surface area (Å²) in [6.45, 7) is 3.36. The molecule has 2 amide bonds. The summed E-state index contributed by atoms with van der Waals surface area (Å²) >= 11 is 0. The molecule has 0 heterocycles. The molecule has 0 spiro atoms. The topological polar surface area (TPSA) is 101 Å². The van der Waals surface area contributed by atoms with Gasteiger partial charge in [-0.1, -0.05) is 18.2 Å². The first-order valence-electron chi connectivity index (χ1n) is 6.22. The van der Waals surface area contributed by atoms with Crippen molar-refractivity contribution in [1.29, 1.82) is 0 Å². The second kappa shape index (κ2) is 6.70.